The van der Waals surface area contributed by atoms with Crippen molar-refractivity contribution >= 4 is 0 Å². The van der Waals surface area contributed by atoms with Crippen molar-refractivity contribution in [3.63, 3.8) is 0 Å². The summed E-state index contributed by atoms with van der Waals surface area (Å²) in [5.74, 6) is 0.844. The summed E-state index contributed by atoms with van der Waals surface area (Å²) in [7, 11) is 0. The third kappa shape index (κ3) is 5.59. The molecule has 0 radical (unpaired) electrons. The Morgan fingerprint density at radius 1 is 1.20 bits per heavy atom. The monoisotopic (exact) mass is 275 g/mol. The topological polar surface area (TPSA) is 32.7 Å². The predicted octanol–water partition coefficient (Wildman–Crippen LogP) is 3.18. The maximum absolute atomic E-state index is 10.3. The lowest BCUT2D eigenvalue weighted by Gasteiger charge is -2.22. The van der Waals surface area contributed by atoms with E-state index in [-0.39, 0.29) is 0 Å². The molecule has 1 rings (SSSR count). The molecule has 0 saturated heterocycles. The van der Waals surface area contributed by atoms with Gasteiger partial charge in [0, 0.05) is 19.6 Å². The molecule has 0 aromatic heterocycles. The van der Waals surface area contributed by atoms with Gasteiger partial charge in [0.2, 0.25) is 0 Å². The zero-order valence-corrected chi connectivity index (χ0v) is 12.3. The van der Waals surface area contributed by atoms with E-state index in [9.17, 15) is 5.11 Å². The Balaban J connectivity index is 2.59. The highest BCUT2D eigenvalue weighted by Gasteiger charge is 2.11. The third-order valence-electron chi connectivity index (χ3n) is 2.94. The Morgan fingerprint density at radius 2 is 1.80 bits per heavy atom. The summed E-state index contributed by atoms with van der Waals surface area (Å²) in [5.41, 5.74) is 0.895. The van der Waals surface area contributed by atoms with Crippen LogP contribution in [0.15, 0.2) is 49.6 Å². The zero-order chi connectivity index (χ0) is 14.8. The first kappa shape index (κ1) is 16.5. The molecule has 20 heavy (non-hydrogen) atoms. The third-order valence-corrected chi connectivity index (χ3v) is 2.94. The van der Waals surface area contributed by atoms with Gasteiger partial charge in [-0.2, -0.15) is 0 Å². The van der Waals surface area contributed by atoms with Crippen molar-refractivity contribution in [2.24, 2.45) is 0 Å². The minimum absolute atomic E-state index is 0.518. The number of rotatable bonds is 10. The predicted molar refractivity (Wildman–Crippen MR) is 84.0 cm³/mol. The van der Waals surface area contributed by atoms with Gasteiger partial charge in [-0.25, -0.2) is 0 Å². The summed E-state index contributed by atoms with van der Waals surface area (Å²) in [5, 5.41) is 10.3. The van der Waals surface area contributed by atoms with Crippen molar-refractivity contribution < 1.29 is 9.84 Å². The lowest BCUT2D eigenvalue weighted by atomic mass is 10.1. The number of nitrogens with zero attached hydrogens (tertiary/aromatic N) is 1. The maximum Gasteiger partial charge on any atom is 0.119 e. The fourth-order valence-electron chi connectivity index (χ4n) is 1.94. The Morgan fingerprint density at radius 3 is 2.30 bits per heavy atom. The van der Waals surface area contributed by atoms with E-state index in [4.69, 9.17) is 4.74 Å². The summed E-state index contributed by atoms with van der Waals surface area (Å²) in [6, 6.07) is 7.63. The van der Waals surface area contributed by atoms with Crippen LogP contribution in [0.5, 0.6) is 5.75 Å². The van der Waals surface area contributed by atoms with E-state index >= 15 is 0 Å². The summed E-state index contributed by atoms with van der Waals surface area (Å²) >= 11 is 0. The Bertz CT molecular complexity index is 390. The van der Waals surface area contributed by atoms with Crippen LogP contribution in [0.3, 0.4) is 0 Å². The van der Waals surface area contributed by atoms with Crippen molar-refractivity contribution in [1.29, 1.82) is 0 Å². The van der Waals surface area contributed by atoms with Crippen molar-refractivity contribution in [3.8, 4) is 5.75 Å². The van der Waals surface area contributed by atoms with Crippen LogP contribution < -0.4 is 4.74 Å². The molecular weight excluding hydrogens is 250 g/mol. The molecule has 0 saturated carbocycles. The molecule has 0 spiro atoms. The second-order valence-corrected chi connectivity index (χ2v) is 4.73. The molecule has 110 valence electrons. The molecule has 1 atom stereocenters. The van der Waals surface area contributed by atoms with E-state index in [1.807, 2.05) is 36.4 Å². The molecule has 1 unspecified atom stereocenters. The second-order valence-electron chi connectivity index (χ2n) is 4.73. The number of hydrogen-bond donors (Lipinski definition) is 1. The van der Waals surface area contributed by atoms with Crippen molar-refractivity contribution in [3.05, 3.63) is 55.1 Å². The lowest BCUT2D eigenvalue weighted by molar-refractivity contribution is 0.125. The minimum atomic E-state index is -0.518. The van der Waals surface area contributed by atoms with Gasteiger partial charge in [-0.1, -0.05) is 31.2 Å². The average molecular weight is 275 g/mol. The van der Waals surface area contributed by atoms with Gasteiger partial charge < -0.3 is 9.84 Å². The fourth-order valence-corrected chi connectivity index (χ4v) is 1.94. The summed E-state index contributed by atoms with van der Waals surface area (Å²) < 4.78 is 5.53. The maximum atomic E-state index is 10.3. The fraction of sp³-hybridized carbons (Fsp3) is 0.412. The van der Waals surface area contributed by atoms with Gasteiger partial charge in [0.25, 0.3) is 0 Å². The molecule has 0 aliphatic rings. The van der Waals surface area contributed by atoms with E-state index < -0.39 is 6.10 Å². The first-order valence-electron chi connectivity index (χ1n) is 7.06. The van der Waals surface area contributed by atoms with Gasteiger partial charge >= 0.3 is 0 Å². The number of ether oxygens (including phenoxy) is 1. The normalized spacial score (nSPS) is 12.2. The summed E-state index contributed by atoms with van der Waals surface area (Å²) in [6.45, 7) is 12.3. The van der Waals surface area contributed by atoms with E-state index in [1.165, 1.54) is 0 Å². The van der Waals surface area contributed by atoms with Gasteiger partial charge in [0.15, 0.2) is 0 Å². The van der Waals surface area contributed by atoms with Gasteiger partial charge in [-0.05, 0) is 24.1 Å². The molecule has 0 bridgehead atoms. The van der Waals surface area contributed by atoms with Crippen LogP contribution >= 0.6 is 0 Å². The largest absolute Gasteiger partial charge is 0.494 e. The Kier molecular flexibility index (Phi) is 7.70. The van der Waals surface area contributed by atoms with Crippen LogP contribution in [0.25, 0.3) is 0 Å². The van der Waals surface area contributed by atoms with E-state index in [2.05, 4.69) is 25.0 Å². The van der Waals surface area contributed by atoms with Crippen LogP contribution in [-0.4, -0.2) is 36.2 Å². The molecule has 0 amide bonds. The molecule has 0 aliphatic heterocycles. The molecular formula is C17H25NO2. The quantitative estimate of drug-likeness (QED) is 0.666. The first-order chi connectivity index (χ1) is 9.71. The van der Waals surface area contributed by atoms with Crippen LogP contribution in [0.1, 0.15) is 25.0 Å². The molecule has 1 aromatic rings. The highest BCUT2D eigenvalue weighted by atomic mass is 16.5. The van der Waals surface area contributed by atoms with Crippen molar-refractivity contribution in [2.75, 3.05) is 26.2 Å². The Hall–Kier alpha value is -1.58. The molecule has 1 N–H and O–H groups in total. The minimum Gasteiger partial charge on any atom is -0.494 e. The van der Waals surface area contributed by atoms with Crippen LogP contribution in [0, 0.1) is 0 Å². The number of aliphatic hydroxyl groups excluding tert-OH is 1. The van der Waals surface area contributed by atoms with Gasteiger partial charge in [0.1, 0.15) is 5.75 Å². The summed E-state index contributed by atoms with van der Waals surface area (Å²) in [4.78, 5) is 2.09. The number of benzene rings is 1. The number of hydrogen-bond acceptors (Lipinski definition) is 3. The number of aliphatic hydroxyl groups is 1. The van der Waals surface area contributed by atoms with Gasteiger partial charge in [0.05, 0.1) is 12.7 Å². The SMILES string of the molecule is C=CCN(CC=C)CC(O)c1ccc(OCCC)cc1. The Labute approximate surface area is 122 Å². The molecule has 1 aromatic carbocycles. The van der Waals surface area contributed by atoms with Crippen molar-refractivity contribution in [1.82, 2.24) is 4.90 Å². The smallest absolute Gasteiger partial charge is 0.119 e. The first-order valence-corrected chi connectivity index (χ1v) is 7.06. The van der Waals surface area contributed by atoms with Crippen LogP contribution in [0.2, 0.25) is 0 Å². The van der Waals surface area contributed by atoms with Crippen LogP contribution in [-0.2, 0) is 0 Å². The second kappa shape index (κ2) is 9.34. The molecule has 0 heterocycles. The van der Waals surface area contributed by atoms with Crippen molar-refractivity contribution in [2.45, 2.75) is 19.4 Å². The van der Waals surface area contributed by atoms with E-state index in [0.29, 0.717) is 13.2 Å². The summed E-state index contributed by atoms with van der Waals surface area (Å²) in [6.07, 6.45) is 4.13. The highest BCUT2D eigenvalue weighted by Crippen LogP contribution is 2.19. The molecule has 3 nitrogen and oxygen atoms in total. The molecule has 0 aliphatic carbocycles. The van der Waals surface area contributed by atoms with Crippen LogP contribution in [0.4, 0.5) is 0 Å². The zero-order valence-electron chi connectivity index (χ0n) is 12.3. The molecule has 3 heteroatoms. The van der Waals surface area contributed by atoms with Gasteiger partial charge in [-0.3, -0.25) is 4.90 Å². The average Bonchev–Trinajstić information content (AvgIpc) is 2.46. The van der Waals surface area contributed by atoms with E-state index in [1.54, 1.807) is 0 Å². The lowest BCUT2D eigenvalue weighted by Crippen LogP contribution is -2.29. The molecule has 0 fully saturated rings. The highest BCUT2D eigenvalue weighted by molar-refractivity contribution is 5.28. The van der Waals surface area contributed by atoms with E-state index in [0.717, 1.165) is 30.8 Å². The van der Waals surface area contributed by atoms with Gasteiger partial charge in [-0.15, -0.1) is 13.2 Å². The standard InChI is InChI=1S/C17H25NO2/c1-4-11-18(12-5-2)14-17(19)15-7-9-16(10-8-15)20-13-6-3/h4-5,7-10,17,19H,1-2,6,11-14H2,3H3.